The average molecular weight is 357 g/mol. The van der Waals surface area contributed by atoms with Gasteiger partial charge in [-0.3, -0.25) is 4.79 Å². The number of hydrogen-bond donors (Lipinski definition) is 1. The zero-order chi connectivity index (χ0) is 18.5. The van der Waals surface area contributed by atoms with Gasteiger partial charge >= 0.3 is 0 Å². The fourth-order valence-corrected chi connectivity index (χ4v) is 3.52. The number of pyridine rings is 1. The molecule has 0 spiro atoms. The zero-order valence-electron chi connectivity index (χ0n) is 15.3. The molecule has 0 unspecified atom stereocenters. The summed E-state index contributed by atoms with van der Waals surface area (Å²) in [5.41, 5.74) is 4.51. The highest BCUT2D eigenvalue weighted by atomic mass is 16.1. The van der Waals surface area contributed by atoms with Crippen LogP contribution in [0.1, 0.15) is 24.0 Å². The Morgan fingerprint density at radius 1 is 1.00 bits per heavy atom. The molecule has 0 saturated heterocycles. The lowest BCUT2D eigenvalue weighted by atomic mass is 10.0. The monoisotopic (exact) mass is 357 g/mol. The lowest BCUT2D eigenvalue weighted by Gasteiger charge is -2.30. The number of benzene rings is 2. The molecule has 0 fully saturated rings. The van der Waals surface area contributed by atoms with Crippen molar-refractivity contribution >= 4 is 23.1 Å². The van der Waals surface area contributed by atoms with Gasteiger partial charge in [0.2, 0.25) is 5.91 Å². The Morgan fingerprint density at radius 2 is 1.81 bits per heavy atom. The third-order valence-corrected chi connectivity index (χ3v) is 4.90. The van der Waals surface area contributed by atoms with Crippen LogP contribution in [0.25, 0.3) is 0 Å². The van der Waals surface area contributed by atoms with Gasteiger partial charge in [-0.2, -0.15) is 0 Å². The van der Waals surface area contributed by atoms with Crippen molar-refractivity contribution in [2.24, 2.45) is 0 Å². The summed E-state index contributed by atoms with van der Waals surface area (Å²) in [7, 11) is 0. The highest BCUT2D eigenvalue weighted by molar-refractivity contribution is 5.90. The number of amides is 1. The number of rotatable bonds is 5. The standard InChI is InChI=1S/C23H23N3O/c27-23(15-12-18-7-2-1-3-8-18)25-20-13-14-22(24-17-20)26-16-6-10-19-9-4-5-11-21(19)26/h1-5,7-9,11,13-14,17H,6,10,12,15-16H2,(H,25,27). The number of nitrogens with zero attached hydrogens (tertiary/aromatic N) is 2. The molecule has 2 aromatic carbocycles. The lowest BCUT2D eigenvalue weighted by Crippen LogP contribution is -2.25. The van der Waals surface area contributed by atoms with Crippen LogP contribution in [0.3, 0.4) is 0 Å². The first kappa shape index (κ1) is 17.3. The maximum Gasteiger partial charge on any atom is 0.224 e. The molecule has 4 nitrogen and oxygen atoms in total. The van der Waals surface area contributed by atoms with Gasteiger partial charge in [0.15, 0.2) is 0 Å². The van der Waals surface area contributed by atoms with Crippen LogP contribution in [0.4, 0.5) is 17.2 Å². The van der Waals surface area contributed by atoms with Gasteiger partial charge in [0.05, 0.1) is 11.9 Å². The van der Waals surface area contributed by atoms with E-state index in [4.69, 9.17) is 0 Å². The van der Waals surface area contributed by atoms with Gasteiger partial charge in [-0.25, -0.2) is 4.98 Å². The summed E-state index contributed by atoms with van der Waals surface area (Å²) >= 11 is 0. The Labute approximate surface area is 159 Å². The molecule has 1 aliphatic rings. The Morgan fingerprint density at radius 3 is 2.63 bits per heavy atom. The molecule has 4 rings (SSSR count). The third-order valence-electron chi connectivity index (χ3n) is 4.90. The molecule has 3 aromatic rings. The summed E-state index contributed by atoms with van der Waals surface area (Å²) in [6.07, 6.45) is 5.18. The van der Waals surface area contributed by atoms with E-state index < -0.39 is 0 Å². The van der Waals surface area contributed by atoms with Crippen molar-refractivity contribution in [3.63, 3.8) is 0 Å². The Bertz CT molecular complexity index is 906. The van der Waals surface area contributed by atoms with Crippen LogP contribution in [0.5, 0.6) is 0 Å². The third kappa shape index (κ3) is 4.17. The van der Waals surface area contributed by atoms with Crippen molar-refractivity contribution in [2.45, 2.75) is 25.7 Å². The Kier molecular flexibility index (Phi) is 5.15. The minimum absolute atomic E-state index is 0.0109. The number of aromatic nitrogens is 1. The van der Waals surface area contributed by atoms with E-state index in [1.165, 1.54) is 16.8 Å². The van der Waals surface area contributed by atoms with Crippen LogP contribution in [0, 0.1) is 0 Å². The molecule has 1 amide bonds. The number of carbonyl (C=O) groups is 1. The van der Waals surface area contributed by atoms with Gasteiger partial charge in [-0.15, -0.1) is 0 Å². The first-order chi connectivity index (χ1) is 13.3. The van der Waals surface area contributed by atoms with Crippen molar-refractivity contribution in [2.75, 3.05) is 16.8 Å². The molecule has 1 aliphatic heterocycles. The van der Waals surface area contributed by atoms with Crippen molar-refractivity contribution in [1.29, 1.82) is 0 Å². The first-order valence-corrected chi connectivity index (χ1v) is 9.45. The molecule has 2 heterocycles. The number of anilines is 3. The topological polar surface area (TPSA) is 45.2 Å². The normalized spacial score (nSPS) is 13.1. The summed E-state index contributed by atoms with van der Waals surface area (Å²) in [6, 6.07) is 22.5. The number of aryl methyl sites for hydroxylation is 2. The number of nitrogens with one attached hydrogen (secondary N) is 1. The van der Waals surface area contributed by atoms with Crippen LogP contribution < -0.4 is 10.2 Å². The fourth-order valence-electron chi connectivity index (χ4n) is 3.52. The number of para-hydroxylation sites is 1. The molecule has 0 aliphatic carbocycles. The summed E-state index contributed by atoms with van der Waals surface area (Å²) in [4.78, 5) is 19.0. The average Bonchev–Trinajstić information content (AvgIpc) is 2.73. The highest BCUT2D eigenvalue weighted by Crippen LogP contribution is 2.32. The molecular formula is C23H23N3O. The lowest BCUT2D eigenvalue weighted by molar-refractivity contribution is -0.116. The predicted molar refractivity (Wildman–Crippen MR) is 109 cm³/mol. The summed E-state index contributed by atoms with van der Waals surface area (Å²) in [6.45, 7) is 0.965. The first-order valence-electron chi connectivity index (χ1n) is 9.45. The van der Waals surface area contributed by atoms with Gasteiger partial charge in [0.1, 0.15) is 5.82 Å². The van der Waals surface area contributed by atoms with Crippen molar-refractivity contribution in [3.05, 3.63) is 84.1 Å². The van der Waals surface area contributed by atoms with E-state index in [0.717, 1.165) is 37.3 Å². The van der Waals surface area contributed by atoms with Crippen molar-refractivity contribution < 1.29 is 4.79 Å². The number of carbonyl (C=O) groups excluding carboxylic acids is 1. The van der Waals surface area contributed by atoms with E-state index in [0.29, 0.717) is 6.42 Å². The van der Waals surface area contributed by atoms with Crippen LogP contribution in [-0.4, -0.2) is 17.4 Å². The van der Waals surface area contributed by atoms with Gasteiger partial charge in [-0.1, -0.05) is 48.5 Å². The van der Waals surface area contributed by atoms with Crippen molar-refractivity contribution in [3.8, 4) is 0 Å². The second kappa shape index (κ2) is 8.04. The van der Waals surface area contributed by atoms with Crippen molar-refractivity contribution in [1.82, 2.24) is 4.98 Å². The molecule has 1 N–H and O–H groups in total. The zero-order valence-corrected chi connectivity index (χ0v) is 15.3. The van der Waals surface area contributed by atoms with Crippen LogP contribution >= 0.6 is 0 Å². The van der Waals surface area contributed by atoms with Gasteiger partial charge < -0.3 is 10.2 Å². The molecular weight excluding hydrogens is 334 g/mol. The van der Waals surface area contributed by atoms with E-state index in [1.807, 2.05) is 42.5 Å². The van der Waals surface area contributed by atoms with E-state index in [-0.39, 0.29) is 5.91 Å². The molecule has 0 saturated carbocycles. The van der Waals surface area contributed by atoms with Crippen LogP contribution in [-0.2, 0) is 17.6 Å². The van der Waals surface area contributed by atoms with E-state index >= 15 is 0 Å². The van der Waals surface area contributed by atoms with Gasteiger partial charge in [0, 0.05) is 18.7 Å². The fraction of sp³-hybridized carbons (Fsp3) is 0.217. The maximum atomic E-state index is 12.2. The molecule has 0 atom stereocenters. The minimum atomic E-state index is 0.0109. The smallest absolute Gasteiger partial charge is 0.224 e. The van der Waals surface area contributed by atoms with Crippen LogP contribution in [0.15, 0.2) is 72.9 Å². The number of fused-ring (bicyclic) bond motifs is 1. The predicted octanol–water partition coefficient (Wildman–Crippen LogP) is 4.74. The quantitative estimate of drug-likeness (QED) is 0.717. The maximum absolute atomic E-state index is 12.2. The second-order valence-electron chi connectivity index (χ2n) is 6.82. The van der Waals surface area contributed by atoms with E-state index in [1.54, 1.807) is 6.20 Å². The molecule has 1 aromatic heterocycles. The molecule has 136 valence electrons. The molecule has 27 heavy (non-hydrogen) atoms. The van der Waals surface area contributed by atoms with E-state index in [2.05, 4.69) is 39.5 Å². The molecule has 0 radical (unpaired) electrons. The molecule has 0 bridgehead atoms. The summed E-state index contributed by atoms with van der Waals surface area (Å²) < 4.78 is 0. The summed E-state index contributed by atoms with van der Waals surface area (Å²) in [5, 5.41) is 2.94. The Balaban J connectivity index is 1.39. The van der Waals surface area contributed by atoms with Crippen LogP contribution in [0.2, 0.25) is 0 Å². The van der Waals surface area contributed by atoms with Gasteiger partial charge in [0.25, 0.3) is 0 Å². The Hall–Kier alpha value is -3.14. The minimum Gasteiger partial charge on any atom is -0.326 e. The largest absolute Gasteiger partial charge is 0.326 e. The van der Waals surface area contributed by atoms with Gasteiger partial charge in [-0.05, 0) is 48.6 Å². The highest BCUT2D eigenvalue weighted by Gasteiger charge is 2.18. The second-order valence-corrected chi connectivity index (χ2v) is 6.82. The number of hydrogen-bond acceptors (Lipinski definition) is 3. The van der Waals surface area contributed by atoms with E-state index in [9.17, 15) is 4.79 Å². The SMILES string of the molecule is O=C(CCc1ccccc1)Nc1ccc(N2CCCc3ccccc32)nc1. The molecule has 4 heteroatoms. The summed E-state index contributed by atoms with van der Waals surface area (Å²) in [5.74, 6) is 0.932.